The standard InChI is InChI=1S/C16H14N2OS/c17-10-13-6-8-15(9-7-13)18-16(19)12-20-11-14-4-2-1-3-5-14/h1-9H,11-12H2,(H,18,19). The van der Waals surface area contributed by atoms with Crippen molar-refractivity contribution < 1.29 is 4.79 Å². The van der Waals surface area contributed by atoms with Gasteiger partial charge < -0.3 is 5.32 Å². The number of thioether (sulfide) groups is 1. The SMILES string of the molecule is N#Cc1ccc(NC(=O)CSCc2ccccc2)cc1. The van der Waals surface area contributed by atoms with Crippen molar-refractivity contribution in [1.29, 1.82) is 5.26 Å². The average Bonchev–Trinajstić information content (AvgIpc) is 2.49. The number of hydrogen-bond donors (Lipinski definition) is 1. The Balaban J connectivity index is 1.76. The normalized spacial score (nSPS) is 9.75. The fraction of sp³-hybridized carbons (Fsp3) is 0.125. The molecule has 0 aliphatic carbocycles. The number of hydrogen-bond acceptors (Lipinski definition) is 3. The number of anilines is 1. The van der Waals surface area contributed by atoms with Crippen LogP contribution < -0.4 is 5.32 Å². The second-order valence-electron chi connectivity index (χ2n) is 4.22. The van der Waals surface area contributed by atoms with Crippen molar-refractivity contribution in [3.05, 3.63) is 65.7 Å². The van der Waals surface area contributed by atoms with Crippen molar-refractivity contribution in [1.82, 2.24) is 0 Å². The highest BCUT2D eigenvalue weighted by Gasteiger charge is 2.03. The van der Waals surface area contributed by atoms with Crippen LogP contribution in [0.1, 0.15) is 11.1 Å². The molecular weight excluding hydrogens is 268 g/mol. The lowest BCUT2D eigenvalue weighted by Gasteiger charge is -2.05. The van der Waals surface area contributed by atoms with Crippen LogP contribution in [0.4, 0.5) is 5.69 Å². The van der Waals surface area contributed by atoms with Gasteiger partial charge in [0.2, 0.25) is 5.91 Å². The van der Waals surface area contributed by atoms with Crippen LogP contribution in [0.25, 0.3) is 0 Å². The first-order valence-corrected chi connectivity index (χ1v) is 7.35. The summed E-state index contributed by atoms with van der Waals surface area (Å²) in [7, 11) is 0. The molecule has 20 heavy (non-hydrogen) atoms. The zero-order valence-corrected chi connectivity index (χ0v) is 11.7. The predicted octanol–water partition coefficient (Wildman–Crippen LogP) is 3.43. The van der Waals surface area contributed by atoms with E-state index >= 15 is 0 Å². The van der Waals surface area contributed by atoms with Gasteiger partial charge in [0.1, 0.15) is 0 Å². The van der Waals surface area contributed by atoms with E-state index < -0.39 is 0 Å². The van der Waals surface area contributed by atoms with E-state index in [9.17, 15) is 4.79 Å². The third-order valence-corrected chi connectivity index (χ3v) is 3.65. The zero-order valence-electron chi connectivity index (χ0n) is 10.9. The number of carbonyl (C=O) groups excluding carboxylic acids is 1. The van der Waals surface area contributed by atoms with Gasteiger partial charge in [-0.25, -0.2) is 0 Å². The second-order valence-corrected chi connectivity index (χ2v) is 5.20. The highest BCUT2D eigenvalue weighted by molar-refractivity contribution is 7.99. The molecule has 0 saturated carbocycles. The monoisotopic (exact) mass is 282 g/mol. The van der Waals surface area contributed by atoms with Gasteiger partial charge in [-0.15, -0.1) is 11.8 Å². The van der Waals surface area contributed by atoms with Crippen LogP contribution in [-0.2, 0) is 10.5 Å². The Hall–Kier alpha value is -2.25. The van der Waals surface area contributed by atoms with Crippen LogP contribution in [0.15, 0.2) is 54.6 Å². The fourth-order valence-electron chi connectivity index (χ4n) is 1.66. The van der Waals surface area contributed by atoms with Crippen molar-refractivity contribution in [2.24, 2.45) is 0 Å². The molecule has 0 fully saturated rings. The molecule has 0 heterocycles. The first kappa shape index (κ1) is 14.2. The average molecular weight is 282 g/mol. The summed E-state index contributed by atoms with van der Waals surface area (Å²) in [6, 6.07) is 18.9. The lowest BCUT2D eigenvalue weighted by Crippen LogP contribution is -2.14. The summed E-state index contributed by atoms with van der Waals surface area (Å²) in [5.41, 5.74) is 2.51. The van der Waals surface area contributed by atoms with Gasteiger partial charge in [0.05, 0.1) is 17.4 Å². The summed E-state index contributed by atoms with van der Waals surface area (Å²) < 4.78 is 0. The van der Waals surface area contributed by atoms with Crippen molar-refractivity contribution >= 4 is 23.4 Å². The Morgan fingerprint density at radius 1 is 1.10 bits per heavy atom. The highest BCUT2D eigenvalue weighted by atomic mass is 32.2. The van der Waals surface area contributed by atoms with Crippen LogP contribution in [0.2, 0.25) is 0 Å². The van der Waals surface area contributed by atoms with Gasteiger partial charge in [-0.3, -0.25) is 4.79 Å². The molecule has 100 valence electrons. The quantitative estimate of drug-likeness (QED) is 0.914. The van der Waals surface area contributed by atoms with Crippen LogP contribution in [-0.4, -0.2) is 11.7 Å². The Morgan fingerprint density at radius 3 is 2.45 bits per heavy atom. The number of benzene rings is 2. The van der Waals surface area contributed by atoms with Gasteiger partial charge in [0.25, 0.3) is 0 Å². The van der Waals surface area contributed by atoms with Crippen LogP contribution in [0, 0.1) is 11.3 Å². The molecule has 2 aromatic carbocycles. The Kier molecular flexibility index (Phi) is 5.22. The van der Waals surface area contributed by atoms with E-state index in [4.69, 9.17) is 5.26 Å². The molecule has 1 N–H and O–H groups in total. The van der Waals surface area contributed by atoms with Gasteiger partial charge in [0, 0.05) is 11.4 Å². The number of nitrogens with zero attached hydrogens (tertiary/aromatic N) is 1. The molecule has 1 amide bonds. The number of nitrogens with one attached hydrogen (secondary N) is 1. The lowest BCUT2D eigenvalue weighted by atomic mass is 10.2. The van der Waals surface area contributed by atoms with Gasteiger partial charge in [-0.2, -0.15) is 5.26 Å². The minimum atomic E-state index is -0.0318. The van der Waals surface area contributed by atoms with E-state index in [2.05, 4.69) is 5.32 Å². The molecule has 2 rings (SSSR count). The first-order chi connectivity index (χ1) is 9.78. The topological polar surface area (TPSA) is 52.9 Å². The minimum absolute atomic E-state index is 0.0318. The molecule has 2 aromatic rings. The van der Waals surface area contributed by atoms with Crippen LogP contribution in [0.3, 0.4) is 0 Å². The molecule has 0 aromatic heterocycles. The number of carbonyl (C=O) groups is 1. The molecule has 3 nitrogen and oxygen atoms in total. The Labute approximate surface area is 122 Å². The summed E-state index contributed by atoms with van der Waals surface area (Å²) in [6.45, 7) is 0. The van der Waals surface area contributed by atoms with Crippen molar-refractivity contribution in [3.8, 4) is 6.07 Å². The van der Waals surface area contributed by atoms with E-state index in [1.165, 1.54) is 5.56 Å². The Morgan fingerprint density at radius 2 is 1.80 bits per heavy atom. The molecule has 0 aliphatic heterocycles. The maximum Gasteiger partial charge on any atom is 0.234 e. The largest absolute Gasteiger partial charge is 0.325 e. The summed E-state index contributed by atoms with van der Waals surface area (Å²) in [6.07, 6.45) is 0. The molecule has 0 aliphatic rings. The van der Waals surface area contributed by atoms with Gasteiger partial charge in [0.15, 0.2) is 0 Å². The van der Waals surface area contributed by atoms with E-state index in [0.29, 0.717) is 17.0 Å². The van der Waals surface area contributed by atoms with Gasteiger partial charge >= 0.3 is 0 Å². The van der Waals surface area contributed by atoms with Crippen molar-refractivity contribution in [2.45, 2.75) is 5.75 Å². The molecule has 0 saturated heterocycles. The van der Waals surface area contributed by atoms with Crippen molar-refractivity contribution in [3.63, 3.8) is 0 Å². The maximum atomic E-state index is 11.8. The van der Waals surface area contributed by atoms with E-state index in [1.807, 2.05) is 36.4 Å². The van der Waals surface area contributed by atoms with Crippen molar-refractivity contribution in [2.75, 3.05) is 11.1 Å². The number of rotatable bonds is 5. The zero-order chi connectivity index (χ0) is 14.2. The third kappa shape index (κ3) is 4.45. The van der Waals surface area contributed by atoms with Crippen LogP contribution >= 0.6 is 11.8 Å². The number of nitriles is 1. The summed E-state index contributed by atoms with van der Waals surface area (Å²) >= 11 is 1.58. The maximum absolute atomic E-state index is 11.8. The second kappa shape index (κ2) is 7.37. The summed E-state index contributed by atoms with van der Waals surface area (Å²) in [5.74, 6) is 1.20. The molecule has 0 unspecified atom stereocenters. The third-order valence-electron chi connectivity index (χ3n) is 2.64. The molecule has 4 heteroatoms. The van der Waals surface area contributed by atoms with Gasteiger partial charge in [-0.05, 0) is 29.8 Å². The smallest absolute Gasteiger partial charge is 0.234 e. The molecule has 0 radical (unpaired) electrons. The highest BCUT2D eigenvalue weighted by Crippen LogP contribution is 2.13. The first-order valence-electron chi connectivity index (χ1n) is 6.19. The molecular formula is C16H14N2OS. The van der Waals surface area contributed by atoms with E-state index in [0.717, 1.165) is 5.75 Å². The minimum Gasteiger partial charge on any atom is -0.325 e. The summed E-state index contributed by atoms with van der Waals surface area (Å²) in [5, 5.41) is 11.5. The van der Waals surface area contributed by atoms with Crippen LogP contribution in [0.5, 0.6) is 0 Å². The number of amides is 1. The van der Waals surface area contributed by atoms with E-state index in [-0.39, 0.29) is 5.91 Å². The predicted molar refractivity (Wildman–Crippen MR) is 82.4 cm³/mol. The summed E-state index contributed by atoms with van der Waals surface area (Å²) in [4.78, 5) is 11.8. The van der Waals surface area contributed by atoms with Gasteiger partial charge in [-0.1, -0.05) is 30.3 Å². The lowest BCUT2D eigenvalue weighted by molar-refractivity contribution is -0.113. The molecule has 0 bridgehead atoms. The van der Waals surface area contributed by atoms with E-state index in [1.54, 1.807) is 36.0 Å². The Bertz CT molecular complexity index is 603. The molecule has 0 spiro atoms. The fourth-order valence-corrected chi connectivity index (χ4v) is 2.45. The molecule has 0 atom stereocenters.